The molecule has 2 rings (SSSR count). The lowest BCUT2D eigenvalue weighted by molar-refractivity contribution is 0.0943. The van der Waals surface area contributed by atoms with Gasteiger partial charge in [-0.2, -0.15) is 4.98 Å². The number of nitrogens with zero attached hydrogens (tertiary/aromatic N) is 2. The number of hydrogen-bond donors (Lipinski definition) is 2. The molecule has 1 aliphatic carbocycles. The van der Waals surface area contributed by atoms with E-state index in [1.54, 1.807) is 0 Å². The maximum atomic E-state index is 9.61. The minimum Gasteiger partial charge on any atom is -0.396 e. The van der Waals surface area contributed by atoms with E-state index in [1.807, 2.05) is 0 Å². The molecule has 0 aliphatic heterocycles. The smallest absolute Gasteiger partial charge is 0.224 e. The molecule has 1 aromatic rings. The molecule has 1 saturated carbocycles. The van der Waals surface area contributed by atoms with E-state index in [0.717, 1.165) is 12.8 Å². The van der Waals surface area contributed by atoms with Gasteiger partial charge in [-0.15, -0.1) is 0 Å². The number of rotatable bonds is 4. The van der Waals surface area contributed by atoms with E-state index in [0.29, 0.717) is 17.4 Å². The standard InChI is InChI=1S/C12H17Cl2N3O/c13-9-6-15-11(14)17-10(9)16-7-12(8-18)4-2-1-3-5-12/h6,18H,1-5,7-8H2,(H,15,16,17). The number of hydrogen-bond acceptors (Lipinski definition) is 4. The van der Waals surface area contributed by atoms with Crippen molar-refractivity contribution in [1.29, 1.82) is 0 Å². The third kappa shape index (κ3) is 3.25. The lowest BCUT2D eigenvalue weighted by atomic mass is 9.74. The highest BCUT2D eigenvalue weighted by Crippen LogP contribution is 2.36. The van der Waals surface area contributed by atoms with Crippen LogP contribution in [0, 0.1) is 5.41 Å². The second-order valence-electron chi connectivity index (χ2n) is 4.91. The van der Waals surface area contributed by atoms with Gasteiger partial charge in [0.25, 0.3) is 0 Å². The molecule has 0 saturated heterocycles. The number of anilines is 1. The van der Waals surface area contributed by atoms with Crippen LogP contribution in [0.3, 0.4) is 0 Å². The van der Waals surface area contributed by atoms with Gasteiger partial charge >= 0.3 is 0 Å². The van der Waals surface area contributed by atoms with Crippen molar-refractivity contribution in [3.8, 4) is 0 Å². The van der Waals surface area contributed by atoms with Crippen LogP contribution >= 0.6 is 23.2 Å². The first kappa shape index (κ1) is 13.8. The molecule has 2 N–H and O–H groups in total. The van der Waals surface area contributed by atoms with Crippen molar-refractivity contribution >= 4 is 29.0 Å². The summed E-state index contributed by atoms with van der Waals surface area (Å²) in [5.41, 5.74) is -0.0565. The van der Waals surface area contributed by atoms with Gasteiger partial charge in [0.1, 0.15) is 10.8 Å². The van der Waals surface area contributed by atoms with Crippen LogP contribution in [0.15, 0.2) is 6.20 Å². The zero-order valence-electron chi connectivity index (χ0n) is 10.1. The molecule has 1 aromatic heterocycles. The highest BCUT2D eigenvalue weighted by molar-refractivity contribution is 6.33. The van der Waals surface area contributed by atoms with Crippen LogP contribution < -0.4 is 5.32 Å². The Morgan fingerprint density at radius 3 is 2.67 bits per heavy atom. The molecule has 1 fully saturated rings. The van der Waals surface area contributed by atoms with E-state index in [1.165, 1.54) is 25.5 Å². The summed E-state index contributed by atoms with van der Waals surface area (Å²) in [5.74, 6) is 0.537. The maximum absolute atomic E-state index is 9.61. The van der Waals surface area contributed by atoms with Gasteiger partial charge in [0.05, 0.1) is 12.8 Å². The SMILES string of the molecule is OCC1(CNc2nc(Cl)ncc2Cl)CCCCC1. The second-order valence-corrected chi connectivity index (χ2v) is 5.65. The third-order valence-electron chi connectivity index (χ3n) is 3.60. The molecule has 1 heterocycles. The lowest BCUT2D eigenvalue weighted by Gasteiger charge is -2.35. The zero-order valence-corrected chi connectivity index (χ0v) is 11.6. The Hall–Kier alpha value is -0.580. The minimum absolute atomic E-state index is 0.0565. The largest absolute Gasteiger partial charge is 0.396 e. The van der Waals surface area contributed by atoms with Crippen molar-refractivity contribution < 1.29 is 5.11 Å². The molecule has 0 bridgehead atoms. The number of aliphatic hydroxyl groups excluding tert-OH is 1. The summed E-state index contributed by atoms with van der Waals surface area (Å²) in [7, 11) is 0. The number of nitrogens with one attached hydrogen (secondary N) is 1. The number of aliphatic hydroxyl groups is 1. The summed E-state index contributed by atoms with van der Waals surface area (Å²) in [4.78, 5) is 7.86. The molecule has 0 aromatic carbocycles. The normalized spacial score (nSPS) is 18.6. The summed E-state index contributed by atoms with van der Waals surface area (Å²) >= 11 is 11.7. The first-order chi connectivity index (χ1) is 8.65. The van der Waals surface area contributed by atoms with E-state index >= 15 is 0 Å². The fourth-order valence-corrected chi connectivity index (χ4v) is 2.72. The van der Waals surface area contributed by atoms with Gasteiger partial charge in [0.2, 0.25) is 5.28 Å². The van der Waals surface area contributed by atoms with Gasteiger partial charge in [0, 0.05) is 12.0 Å². The van der Waals surface area contributed by atoms with Gasteiger partial charge in [0.15, 0.2) is 0 Å². The monoisotopic (exact) mass is 289 g/mol. The van der Waals surface area contributed by atoms with Crippen LogP contribution in [-0.4, -0.2) is 28.2 Å². The second kappa shape index (κ2) is 6.04. The van der Waals surface area contributed by atoms with Crippen molar-refractivity contribution in [3.63, 3.8) is 0 Å². The summed E-state index contributed by atoms with van der Waals surface area (Å²) < 4.78 is 0. The summed E-state index contributed by atoms with van der Waals surface area (Å²) in [6, 6.07) is 0. The predicted octanol–water partition coefficient (Wildman–Crippen LogP) is 3.14. The molecule has 1 aliphatic rings. The molecule has 0 radical (unpaired) electrons. The van der Waals surface area contributed by atoms with Crippen LogP contribution in [0.5, 0.6) is 0 Å². The molecular formula is C12H17Cl2N3O. The van der Waals surface area contributed by atoms with E-state index < -0.39 is 0 Å². The fraction of sp³-hybridized carbons (Fsp3) is 0.667. The zero-order chi connectivity index (χ0) is 13.0. The Morgan fingerprint density at radius 1 is 1.28 bits per heavy atom. The highest BCUT2D eigenvalue weighted by Gasteiger charge is 2.31. The summed E-state index contributed by atoms with van der Waals surface area (Å²) in [6.07, 6.45) is 7.13. The van der Waals surface area contributed by atoms with Crippen LogP contribution in [0.4, 0.5) is 5.82 Å². The lowest BCUT2D eigenvalue weighted by Crippen LogP contribution is -2.35. The predicted molar refractivity (Wildman–Crippen MR) is 73.1 cm³/mol. The van der Waals surface area contributed by atoms with E-state index in [2.05, 4.69) is 15.3 Å². The minimum atomic E-state index is -0.0565. The van der Waals surface area contributed by atoms with Crippen molar-refractivity contribution in [1.82, 2.24) is 9.97 Å². The molecule has 6 heteroatoms. The average molecular weight is 290 g/mol. The third-order valence-corrected chi connectivity index (χ3v) is 4.05. The van der Waals surface area contributed by atoms with Crippen LogP contribution in [0.2, 0.25) is 10.3 Å². The molecule has 18 heavy (non-hydrogen) atoms. The Kier molecular flexibility index (Phi) is 4.65. The van der Waals surface area contributed by atoms with Gasteiger partial charge < -0.3 is 10.4 Å². The quantitative estimate of drug-likeness (QED) is 0.836. The van der Waals surface area contributed by atoms with E-state index in [4.69, 9.17) is 23.2 Å². The fourth-order valence-electron chi connectivity index (χ4n) is 2.43. The Balaban J connectivity index is 2.03. The molecule has 0 spiro atoms. The van der Waals surface area contributed by atoms with E-state index in [9.17, 15) is 5.11 Å². The Labute approximate surface area is 117 Å². The molecule has 0 unspecified atom stereocenters. The van der Waals surface area contributed by atoms with E-state index in [-0.39, 0.29) is 17.3 Å². The molecule has 0 atom stereocenters. The van der Waals surface area contributed by atoms with Crippen LogP contribution in [0.1, 0.15) is 32.1 Å². The number of halogens is 2. The maximum Gasteiger partial charge on any atom is 0.224 e. The summed E-state index contributed by atoms with van der Waals surface area (Å²) in [6.45, 7) is 0.854. The van der Waals surface area contributed by atoms with Crippen molar-refractivity contribution in [2.75, 3.05) is 18.5 Å². The molecule has 100 valence electrons. The highest BCUT2D eigenvalue weighted by atomic mass is 35.5. The van der Waals surface area contributed by atoms with Gasteiger partial charge in [-0.1, -0.05) is 30.9 Å². The molecular weight excluding hydrogens is 273 g/mol. The summed E-state index contributed by atoms with van der Waals surface area (Å²) in [5, 5.41) is 13.4. The molecule has 0 amide bonds. The van der Waals surface area contributed by atoms with Crippen molar-refractivity contribution in [2.45, 2.75) is 32.1 Å². The number of aromatic nitrogens is 2. The average Bonchev–Trinajstić information content (AvgIpc) is 2.41. The van der Waals surface area contributed by atoms with Crippen molar-refractivity contribution in [3.05, 3.63) is 16.5 Å². The first-order valence-corrected chi connectivity index (χ1v) is 6.94. The van der Waals surface area contributed by atoms with Crippen molar-refractivity contribution in [2.24, 2.45) is 5.41 Å². The van der Waals surface area contributed by atoms with Gasteiger partial charge in [-0.05, 0) is 24.4 Å². The first-order valence-electron chi connectivity index (χ1n) is 6.18. The topological polar surface area (TPSA) is 58.0 Å². The van der Waals surface area contributed by atoms with Gasteiger partial charge in [-0.25, -0.2) is 4.98 Å². The van der Waals surface area contributed by atoms with Crippen LogP contribution in [-0.2, 0) is 0 Å². The molecule has 4 nitrogen and oxygen atoms in total. The Morgan fingerprint density at radius 2 is 2.00 bits per heavy atom. The van der Waals surface area contributed by atoms with Crippen LogP contribution in [0.25, 0.3) is 0 Å². The van der Waals surface area contributed by atoms with Gasteiger partial charge in [-0.3, -0.25) is 0 Å². The Bertz CT molecular complexity index is 408.